The molecular weight excluding hydrogens is 264 g/mol. The third-order valence-corrected chi connectivity index (χ3v) is 4.19. The fraction of sp³-hybridized carbons (Fsp3) is 0.588. The summed E-state index contributed by atoms with van der Waals surface area (Å²) in [6.45, 7) is 5.12. The molecule has 116 valence electrons. The van der Waals surface area contributed by atoms with E-state index in [9.17, 15) is 9.90 Å². The molecule has 1 amide bonds. The zero-order valence-corrected chi connectivity index (χ0v) is 12.9. The second kappa shape index (κ2) is 7.46. The van der Waals surface area contributed by atoms with Gasteiger partial charge >= 0.3 is 0 Å². The van der Waals surface area contributed by atoms with Crippen LogP contribution in [0.15, 0.2) is 24.3 Å². The van der Waals surface area contributed by atoms with Crippen LogP contribution in [0.1, 0.15) is 38.7 Å². The van der Waals surface area contributed by atoms with E-state index in [2.05, 4.69) is 24.5 Å². The number of aromatic hydroxyl groups is 1. The molecule has 0 radical (unpaired) electrons. The predicted octanol–water partition coefficient (Wildman–Crippen LogP) is 2.22. The van der Waals surface area contributed by atoms with Crippen molar-refractivity contribution in [3.05, 3.63) is 29.8 Å². The van der Waals surface area contributed by atoms with Gasteiger partial charge in [-0.15, -0.1) is 0 Å². The maximum absolute atomic E-state index is 12.2. The molecule has 3 unspecified atom stereocenters. The summed E-state index contributed by atoms with van der Waals surface area (Å²) in [4.78, 5) is 12.2. The summed E-state index contributed by atoms with van der Waals surface area (Å²) < 4.78 is 0. The van der Waals surface area contributed by atoms with E-state index in [-0.39, 0.29) is 17.9 Å². The molecule has 3 N–H and O–H groups in total. The van der Waals surface area contributed by atoms with Gasteiger partial charge in [0.15, 0.2) is 0 Å². The number of rotatable bonds is 5. The Balaban J connectivity index is 1.74. The predicted molar refractivity (Wildman–Crippen MR) is 84.2 cm³/mol. The van der Waals surface area contributed by atoms with E-state index in [0.717, 1.165) is 32.2 Å². The molecular formula is C17H26N2O2. The van der Waals surface area contributed by atoms with Gasteiger partial charge in [-0.05, 0) is 63.8 Å². The molecule has 1 aliphatic rings. The normalized spacial score (nSPS) is 23.5. The highest BCUT2D eigenvalue weighted by Crippen LogP contribution is 2.17. The molecule has 1 heterocycles. The Kier molecular flexibility index (Phi) is 5.62. The first-order valence-corrected chi connectivity index (χ1v) is 7.86. The Morgan fingerprint density at radius 1 is 1.43 bits per heavy atom. The number of phenols is 1. The van der Waals surface area contributed by atoms with Gasteiger partial charge in [0.2, 0.25) is 5.91 Å². The zero-order valence-electron chi connectivity index (χ0n) is 12.9. The highest BCUT2D eigenvalue weighted by molar-refractivity contribution is 5.79. The van der Waals surface area contributed by atoms with E-state index < -0.39 is 0 Å². The quantitative estimate of drug-likeness (QED) is 0.779. The molecule has 0 aliphatic carbocycles. The van der Waals surface area contributed by atoms with Crippen molar-refractivity contribution >= 4 is 5.91 Å². The number of hydrogen-bond acceptors (Lipinski definition) is 3. The molecule has 0 saturated carbocycles. The summed E-state index contributed by atoms with van der Waals surface area (Å²) in [6.07, 6.45) is 3.68. The van der Waals surface area contributed by atoms with Gasteiger partial charge in [0.1, 0.15) is 5.75 Å². The van der Waals surface area contributed by atoms with Crippen LogP contribution in [0.4, 0.5) is 0 Å². The van der Waals surface area contributed by atoms with E-state index in [1.165, 1.54) is 5.56 Å². The number of piperidine rings is 1. The number of carbonyl (C=O) groups excluding carboxylic acids is 1. The highest BCUT2D eigenvalue weighted by Gasteiger charge is 2.25. The summed E-state index contributed by atoms with van der Waals surface area (Å²) in [5.41, 5.74) is 1.18. The topological polar surface area (TPSA) is 61.4 Å². The summed E-state index contributed by atoms with van der Waals surface area (Å²) in [7, 11) is 0. The number of aryl methyl sites for hydroxylation is 1. The largest absolute Gasteiger partial charge is 0.508 e. The van der Waals surface area contributed by atoms with Gasteiger partial charge < -0.3 is 15.7 Å². The summed E-state index contributed by atoms with van der Waals surface area (Å²) >= 11 is 0. The van der Waals surface area contributed by atoms with Crippen molar-refractivity contribution in [1.82, 2.24) is 10.6 Å². The number of hydrogen-bond donors (Lipinski definition) is 3. The first-order valence-electron chi connectivity index (χ1n) is 7.86. The Hall–Kier alpha value is -1.55. The minimum atomic E-state index is 0.150. The van der Waals surface area contributed by atoms with E-state index in [1.807, 2.05) is 12.1 Å². The minimum Gasteiger partial charge on any atom is -0.508 e. The van der Waals surface area contributed by atoms with Gasteiger partial charge in [-0.25, -0.2) is 0 Å². The van der Waals surface area contributed by atoms with Crippen molar-refractivity contribution < 1.29 is 9.90 Å². The molecule has 1 fully saturated rings. The number of carbonyl (C=O) groups is 1. The highest BCUT2D eigenvalue weighted by atomic mass is 16.3. The lowest BCUT2D eigenvalue weighted by Crippen LogP contribution is -2.44. The molecule has 0 aromatic heterocycles. The van der Waals surface area contributed by atoms with Crippen molar-refractivity contribution in [2.24, 2.45) is 5.92 Å². The number of amides is 1. The maximum Gasteiger partial charge on any atom is 0.223 e. The smallest absolute Gasteiger partial charge is 0.223 e. The van der Waals surface area contributed by atoms with E-state index in [4.69, 9.17) is 0 Å². The van der Waals surface area contributed by atoms with Gasteiger partial charge in [0.05, 0.1) is 0 Å². The molecule has 21 heavy (non-hydrogen) atoms. The molecule has 3 atom stereocenters. The molecule has 0 spiro atoms. The lowest BCUT2D eigenvalue weighted by molar-refractivity contribution is -0.126. The standard InChI is InChI=1S/C17H26N2O2/c1-12(3-4-14-5-7-16(20)8-6-14)19-17(21)15-9-10-18-13(2)11-15/h5-8,12-13,15,18,20H,3-4,9-11H2,1-2H3,(H,19,21). The maximum atomic E-state index is 12.2. The van der Waals surface area contributed by atoms with Crippen LogP contribution in [0.5, 0.6) is 5.75 Å². The summed E-state index contributed by atoms with van der Waals surface area (Å²) in [5.74, 6) is 0.638. The fourth-order valence-electron chi connectivity index (χ4n) is 2.85. The van der Waals surface area contributed by atoms with Crippen LogP contribution in [-0.2, 0) is 11.2 Å². The van der Waals surface area contributed by atoms with Crippen molar-refractivity contribution in [3.8, 4) is 5.75 Å². The monoisotopic (exact) mass is 290 g/mol. The van der Waals surface area contributed by atoms with Gasteiger partial charge in [-0.1, -0.05) is 12.1 Å². The Bertz CT molecular complexity index is 458. The van der Waals surface area contributed by atoms with Crippen molar-refractivity contribution in [2.45, 2.75) is 51.6 Å². The third kappa shape index (κ3) is 5.05. The van der Waals surface area contributed by atoms with Crippen LogP contribution in [0.25, 0.3) is 0 Å². The van der Waals surface area contributed by atoms with Gasteiger partial charge in [0.25, 0.3) is 0 Å². The molecule has 4 heteroatoms. The Morgan fingerprint density at radius 3 is 2.81 bits per heavy atom. The SMILES string of the molecule is CC1CC(C(=O)NC(C)CCc2ccc(O)cc2)CCN1. The second-order valence-corrected chi connectivity index (χ2v) is 6.19. The molecule has 0 bridgehead atoms. The molecule has 4 nitrogen and oxygen atoms in total. The van der Waals surface area contributed by atoms with E-state index in [0.29, 0.717) is 11.8 Å². The number of nitrogens with one attached hydrogen (secondary N) is 2. The number of phenolic OH excluding ortho intramolecular Hbond substituents is 1. The van der Waals surface area contributed by atoms with Crippen LogP contribution in [-0.4, -0.2) is 29.6 Å². The molecule has 2 rings (SSSR count). The first-order chi connectivity index (χ1) is 10.0. The van der Waals surface area contributed by atoms with E-state index in [1.54, 1.807) is 12.1 Å². The van der Waals surface area contributed by atoms with E-state index >= 15 is 0 Å². The average Bonchev–Trinajstić information content (AvgIpc) is 2.46. The third-order valence-electron chi connectivity index (χ3n) is 4.19. The van der Waals surface area contributed by atoms with Crippen molar-refractivity contribution in [1.29, 1.82) is 0 Å². The van der Waals surface area contributed by atoms with Crippen LogP contribution in [0, 0.1) is 5.92 Å². The molecule has 1 aliphatic heterocycles. The molecule has 1 aromatic rings. The Labute approximate surface area is 126 Å². The number of benzene rings is 1. The van der Waals surface area contributed by atoms with Crippen molar-refractivity contribution in [2.75, 3.05) is 6.54 Å². The van der Waals surface area contributed by atoms with Crippen LogP contribution in [0.3, 0.4) is 0 Å². The van der Waals surface area contributed by atoms with Gasteiger partial charge in [-0.3, -0.25) is 4.79 Å². The molecule has 1 saturated heterocycles. The lowest BCUT2D eigenvalue weighted by Gasteiger charge is -2.28. The van der Waals surface area contributed by atoms with Gasteiger partial charge in [0, 0.05) is 18.0 Å². The second-order valence-electron chi connectivity index (χ2n) is 6.19. The Morgan fingerprint density at radius 2 is 2.14 bits per heavy atom. The fourth-order valence-corrected chi connectivity index (χ4v) is 2.85. The molecule has 1 aromatic carbocycles. The van der Waals surface area contributed by atoms with Crippen molar-refractivity contribution in [3.63, 3.8) is 0 Å². The average molecular weight is 290 g/mol. The summed E-state index contributed by atoms with van der Waals surface area (Å²) in [5, 5.41) is 15.8. The first kappa shape index (κ1) is 15.8. The lowest BCUT2D eigenvalue weighted by atomic mass is 9.92. The minimum absolute atomic E-state index is 0.150. The van der Waals surface area contributed by atoms with Crippen LogP contribution < -0.4 is 10.6 Å². The summed E-state index contributed by atoms with van der Waals surface area (Å²) in [6, 6.07) is 7.87. The zero-order chi connectivity index (χ0) is 15.2. The van der Waals surface area contributed by atoms with Crippen LogP contribution >= 0.6 is 0 Å². The van der Waals surface area contributed by atoms with Crippen LogP contribution in [0.2, 0.25) is 0 Å². The van der Waals surface area contributed by atoms with Gasteiger partial charge in [-0.2, -0.15) is 0 Å².